The van der Waals surface area contributed by atoms with Gasteiger partial charge in [0.2, 0.25) is 0 Å². The summed E-state index contributed by atoms with van der Waals surface area (Å²) in [6.45, 7) is 5.74. The van der Waals surface area contributed by atoms with Crippen LogP contribution in [0.5, 0.6) is 5.75 Å². The molecule has 2 nitrogen and oxygen atoms in total. The van der Waals surface area contributed by atoms with Crippen molar-refractivity contribution in [3.8, 4) is 17.6 Å². The molecule has 0 bridgehead atoms. The minimum atomic E-state index is -0.360. The van der Waals surface area contributed by atoms with Gasteiger partial charge in [-0.25, -0.2) is 4.39 Å². The molecule has 0 atom stereocenters. The fraction of sp³-hybridized carbons (Fsp3) is 0.500. The Bertz CT molecular complexity index is 463. The van der Waals surface area contributed by atoms with Crippen LogP contribution >= 0.6 is 11.6 Å². The highest BCUT2D eigenvalue weighted by atomic mass is 35.5. The van der Waals surface area contributed by atoms with E-state index >= 15 is 0 Å². The van der Waals surface area contributed by atoms with E-state index in [1.54, 1.807) is 6.07 Å². The Hall–Kier alpha value is -1.24. The van der Waals surface area contributed by atoms with Gasteiger partial charge < -0.3 is 9.47 Å². The van der Waals surface area contributed by atoms with Crippen molar-refractivity contribution in [3.63, 3.8) is 0 Å². The SMILES string of the molecule is CC(C)COCCOc1cc(F)cc(C#CCCCl)c1. The molecule has 0 amide bonds. The standard InChI is InChI=1S/C16H20ClFO2/c1-13(2)12-19-7-8-20-16-10-14(5-3-4-6-17)9-15(18)11-16/h9-11,13H,4,6-8,12H2,1-2H3. The van der Waals surface area contributed by atoms with Crippen LogP contribution in [-0.2, 0) is 4.74 Å². The van der Waals surface area contributed by atoms with Crippen molar-refractivity contribution in [3.05, 3.63) is 29.6 Å². The van der Waals surface area contributed by atoms with Crippen LogP contribution in [0, 0.1) is 23.6 Å². The quantitative estimate of drug-likeness (QED) is 0.432. The molecule has 20 heavy (non-hydrogen) atoms. The molecular weight excluding hydrogens is 279 g/mol. The Labute approximate surface area is 125 Å². The molecule has 0 aliphatic carbocycles. The first-order valence-electron chi connectivity index (χ1n) is 6.67. The second kappa shape index (κ2) is 9.63. The van der Waals surface area contributed by atoms with E-state index in [1.165, 1.54) is 12.1 Å². The predicted octanol–water partition coefficient (Wildman–Crippen LogP) is 3.86. The summed E-state index contributed by atoms with van der Waals surface area (Å²) in [5.41, 5.74) is 0.591. The lowest BCUT2D eigenvalue weighted by Gasteiger charge is -2.09. The molecule has 0 heterocycles. The van der Waals surface area contributed by atoms with Crippen LogP contribution in [0.3, 0.4) is 0 Å². The number of benzene rings is 1. The van der Waals surface area contributed by atoms with Gasteiger partial charge in [0.15, 0.2) is 0 Å². The molecule has 0 fully saturated rings. The third kappa shape index (κ3) is 7.37. The maximum Gasteiger partial charge on any atom is 0.128 e. The smallest absolute Gasteiger partial charge is 0.128 e. The molecule has 0 aliphatic rings. The Morgan fingerprint density at radius 2 is 2.05 bits per heavy atom. The maximum atomic E-state index is 13.4. The second-order valence-corrected chi connectivity index (χ2v) is 5.11. The maximum absolute atomic E-state index is 13.4. The van der Waals surface area contributed by atoms with Crippen LogP contribution in [0.15, 0.2) is 18.2 Å². The van der Waals surface area contributed by atoms with Crippen molar-refractivity contribution in [2.24, 2.45) is 5.92 Å². The largest absolute Gasteiger partial charge is 0.491 e. The minimum absolute atomic E-state index is 0.360. The van der Waals surface area contributed by atoms with Crippen LogP contribution in [0.25, 0.3) is 0 Å². The molecule has 1 rings (SSSR count). The number of rotatable bonds is 7. The summed E-state index contributed by atoms with van der Waals surface area (Å²) >= 11 is 5.54. The van der Waals surface area contributed by atoms with Crippen molar-refractivity contribution in [2.45, 2.75) is 20.3 Å². The molecule has 0 saturated heterocycles. The third-order valence-electron chi connectivity index (χ3n) is 2.27. The van der Waals surface area contributed by atoms with E-state index in [0.29, 0.717) is 49.4 Å². The zero-order valence-electron chi connectivity index (χ0n) is 11.9. The summed E-state index contributed by atoms with van der Waals surface area (Å²) in [5.74, 6) is 6.79. The van der Waals surface area contributed by atoms with Crippen molar-refractivity contribution in [1.29, 1.82) is 0 Å². The van der Waals surface area contributed by atoms with Gasteiger partial charge in [-0.2, -0.15) is 0 Å². The molecular formula is C16H20ClFO2. The number of alkyl halides is 1. The van der Waals surface area contributed by atoms with Crippen LogP contribution in [0.1, 0.15) is 25.8 Å². The van der Waals surface area contributed by atoms with Gasteiger partial charge in [-0.05, 0) is 18.1 Å². The molecule has 1 aromatic rings. The first kappa shape index (κ1) is 16.8. The molecule has 4 heteroatoms. The van der Waals surface area contributed by atoms with E-state index < -0.39 is 0 Å². The van der Waals surface area contributed by atoms with Crippen LogP contribution in [0.4, 0.5) is 4.39 Å². The molecule has 0 unspecified atom stereocenters. The molecule has 0 aromatic heterocycles. The molecule has 0 aliphatic heterocycles. The Morgan fingerprint density at radius 3 is 2.75 bits per heavy atom. The fourth-order valence-corrected chi connectivity index (χ4v) is 1.56. The van der Waals surface area contributed by atoms with Crippen molar-refractivity contribution < 1.29 is 13.9 Å². The van der Waals surface area contributed by atoms with Crippen LogP contribution < -0.4 is 4.74 Å². The zero-order valence-corrected chi connectivity index (χ0v) is 12.7. The van der Waals surface area contributed by atoms with Crippen molar-refractivity contribution in [1.82, 2.24) is 0 Å². The molecule has 0 N–H and O–H groups in total. The molecule has 0 spiro atoms. The summed E-state index contributed by atoms with van der Waals surface area (Å²) in [7, 11) is 0. The van der Waals surface area contributed by atoms with Crippen LogP contribution in [-0.4, -0.2) is 25.7 Å². The molecule has 1 aromatic carbocycles. The van der Waals surface area contributed by atoms with Gasteiger partial charge in [-0.3, -0.25) is 0 Å². The van der Waals surface area contributed by atoms with Crippen molar-refractivity contribution >= 4 is 11.6 Å². The lowest BCUT2D eigenvalue weighted by atomic mass is 10.2. The van der Waals surface area contributed by atoms with Gasteiger partial charge in [-0.1, -0.05) is 25.7 Å². The first-order chi connectivity index (χ1) is 9.61. The minimum Gasteiger partial charge on any atom is -0.491 e. The summed E-state index contributed by atoms with van der Waals surface area (Å²) in [6.07, 6.45) is 0.581. The van der Waals surface area contributed by atoms with E-state index in [2.05, 4.69) is 25.7 Å². The van der Waals surface area contributed by atoms with Gasteiger partial charge in [0, 0.05) is 30.5 Å². The lowest BCUT2D eigenvalue weighted by molar-refractivity contribution is 0.0818. The highest BCUT2D eigenvalue weighted by Crippen LogP contribution is 2.16. The monoisotopic (exact) mass is 298 g/mol. The van der Waals surface area contributed by atoms with Gasteiger partial charge in [0.25, 0.3) is 0 Å². The van der Waals surface area contributed by atoms with Gasteiger partial charge in [0.05, 0.1) is 6.61 Å². The number of hydrogen-bond donors (Lipinski definition) is 0. The topological polar surface area (TPSA) is 18.5 Å². The number of ether oxygens (including phenoxy) is 2. The lowest BCUT2D eigenvalue weighted by Crippen LogP contribution is -2.10. The first-order valence-corrected chi connectivity index (χ1v) is 7.21. The Morgan fingerprint density at radius 1 is 1.25 bits per heavy atom. The van der Waals surface area contributed by atoms with Gasteiger partial charge in [0.1, 0.15) is 18.2 Å². The Balaban J connectivity index is 2.47. The van der Waals surface area contributed by atoms with E-state index in [1.807, 2.05) is 0 Å². The van der Waals surface area contributed by atoms with Gasteiger partial charge >= 0.3 is 0 Å². The fourth-order valence-electron chi connectivity index (χ4n) is 1.47. The van der Waals surface area contributed by atoms with Crippen LogP contribution in [0.2, 0.25) is 0 Å². The highest BCUT2D eigenvalue weighted by molar-refractivity contribution is 6.18. The second-order valence-electron chi connectivity index (χ2n) is 4.73. The number of hydrogen-bond acceptors (Lipinski definition) is 2. The average Bonchev–Trinajstić information content (AvgIpc) is 2.38. The van der Waals surface area contributed by atoms with E-state index in [-0.39, 0.29) is 5.82 Å². The summed E-state index contributed by atoms with van der Waals surface area (Å²) < 4.78 is 24.3. The van der Waals surface area contributed by atoms with E-state index in [4.69, 9.17) is 21.1 Å². The normalized spacial score (nSPS) is 10.2. The zero-order chi connectivity index (χ0) is 14.8. The van der Waals surface area contributed by atoms with Gasteiger partial charge in [-0.15, -0.1) is 11.6 Å². The van der Waals surface area contributed by atoms with Crippen molar-refractivity contribution in [2.75, 3.05) is 25.7 Å². The third-order valence-corrected chi connectivity index (χ3v) is 2.46. The summed E-state index contributed by atoms with van der Waals surface area (Å²) in [6, 6.07) is 4.44. The Kier molecular flexibility index (Phi) is 8.10. The molecule has 0 radical (unpaired) electrons. The molecule has 0 saturated carbocycles. The average molecular weight is 299 g/mol. The predicted molar refractivity (Wildman–Crippen MR) is 79.8 cm³/mol. The number of halogens is 2. The van der Waals surface area contributed by atoms with E-state index in [9.17, 15) is 4.39 Å². The summed E-state index contributed by atoms with van der Waals surface area (Å²) in [4.78, 5) is 0. The summed E-state index contributed by atoms with van der Waals surface area (Å²) in [5, 5.41) is 0. The molecule has 110 valence electrons. The highest BCUT2D eigenvalue weighted by Gasteiger charge is 2.01. The van der Waals surface area contributed by atoms with E-state index in [0.717, 1.165) is 0 Å².